The Balaban J connectivity index is 1.56. The third kappa shape index (κ3) is 6.64. The maximum atomic E-state index is 12.7. The highest BCUT2D eigenvalue weighted by Crippen LogP contribution is 2.36. The highest BCUT2D eigenvalue weighted by atomic mass is 79.9. The Hall–Kier alpha value is -3.50. The van der Waals surface area contributed by atoms with Gasteiger partial charge in [0.2, 0.25) is 0 Å². The molecule has 1 N–H and O–H groups in total. The van der Waals surface area contributed by atoms with Gasteiger partial charge in [0.1, 0.15) is 18.2 Å². The molecule has 0 spiro atoms. The molecule has 5 nitrogen and oxygen atoms in total. The Kier molecular flexibility index (Phi) is 8.73. The monoisotopic (exact) mass is 594 g/mol. The summed E-state index contributed by atoms with van der Waals surface area (Å²) in [6, 6.07) is 24.5. The molecule has 0 aliphatic carbocycles. The second-order valence-corrected chi connectivity index (χ2v) is 9.65. The van der Waals surface area contributed by atoms with Crippen molar-refractivity contribution < 1.29 is 14.3 Å². The molecular weight excluding hydrogens is 575 g/mol. The minimum atomic E-state index is -0.581. The van der Waals surface area contributed by atoms with Crippen molar-refractivity contribution >= 4 is 67.6 Å². The van der Waals surface area contributed by atoms with Gasteiger partial charge in [0.25, 0.3) is 5.91 Å². The lowest BCUT2D eigenvalue weighted by Gasteiger charge is -2.14. The summed E-state index contributed by atoms with van der Waals surface area (Å²) in [5.74, 6) is 0.458. The molecule has 4 rings (SSSR count). The van der Waals surface area contributed by atoms with E-state index in [1.807, 2.05) is 31.2 Å². The fourth-order valence-corrected chi connectivity index (χ4v) is 4.34. The van der Waals surface area contributed by atoms with Crippen LogP contribution in [0.25, 0.3) is 16.8 Å². The highest BCUT2D eigenvalue weighted by Gasteiger charge is 2.15. The van der Waals surface area contributed by atoms with E-state index >= 15 is 0 Å². The maximum Gasteiger partial charge on any atom is 0.266 e. The van der Waals surface area contributed by atoms with Crippen LogP contribution in [0.4, 0.5) is 5.69 Å². The predicted molar refractivity (Wildman–Crippen MR) is 152 cm³/mol. The van der Waals surface area contributed by atoms with E-state index in [1.54, 1.807) is 24.3 Å². The van der Waals surface area contributed by atoms with Gasteiger partial charge in [0.15, 0.2) is 11.5 Å². The van der Waals surface area contributed by atoms with Crippen molar-refractivity contribution in [1.82, 2.24) is 0 Å². The summed E-state index contributed by atoms with van der Waals surface area (Å²) >= 11 is 15.5. The maximum absolute atomic E-state index is 12.7. The van der Waals surface area contributed by atoms with Gasteiger partial charge in [-0.15, -0.1) is 0 Å². The number of carbonyl (C=O) groups excluding carboxylic acids is 1. The first-order chi connectivity index (χ1) is 17.9. The number of nitriles is 1. The number of fused-ring (bicyclic) bond motifs is 1. The van der Waals surface area contributed by atoms with Gasteiger partial charge in [-0.1, -0.05) is 75.5 Å². The molecule has 0 saturated heterocycles. The molecule has 0 fully saturated rings. The van der Waals surface area contributed by atoms with Crippen molar-refractivity contribution in [3.63, 3.8) is 0 Å². The van der Waals surface area contributed by atoms with E-state index in [4.69, 9.17) is 32.7 Å². The quantitative estimate of drug-likeness (QED) is 0.164. The average molecular weight is 596 g/mol. The van der Waals surface area contributed by atoms with Crippen LogP contribution < -0.4 is 14.8 Å². The fourth-order valence-electron chi connectivity index (χ4n) is 3.61. The highest BCUT2D eigenvalue weighted by molar-refractivity contribution is 9.10. The van der Waals surface area contributed by atoms with Crippen LogP contribution in [0.15, 0.2) is 82.8 Å². The Morgan fingerprint density at radius 3 is 2.46 bits per heavy atom. The minimum Gasteiger partial charge on any atom is -0.490 e. The first kappa shape index (κ1) is 26.6. The van der Waals surface area contributed by atoms with Gasteiger partial charge in [-0.05, 0) is 71.3 Å². The van der Waals surface area contributed by atoms with E-state index in [9.17, 15) is 10.1 Å². The van der Waals surface area contributed by atoms with Gasteiger partial charge in [0.05, 0.1) is 16.7 Å². The van der Waals surface area contributed by atoms with Gasteiger partial charge < -0.3 is 14.8 Å². The fraction of sp³-hybridized carbons (Fsp3) is 0.103. The molecule has 0 heterocycles. The number of ether oxygens (including phenoxy) is 2. The zero-order valence-electron chi connectivity index (χ0n) is 19.7. The first-order valence-corrected chi connectivity index (χ1v) is 12.9. The Bertz CT molecular complexity index is 1550. The molecule has 4 aromatic rings. The summed E-state index contributed by atoms with van der Waals surface area (Å²) in [7, 11) is 0. The number of nitrogens with zero attached hydrogens (tertiary/aromatic N) is 1. The number of carbonyl (C=O) groups is 1. The second-order valence-electron chi connectivity index (χ2n) is 7.98. The molecule has 0 atom stereocenters. The third-order valence-electron chi connectivity index (χ3n) is 5.41. The van der Waals surface area contributed by atoms with E-state index < -0.39 is 5.91 Å². The molecule has 37 heavy (non-hydrogen) atoms. The number of hydrogen-bond donors (Lipinski definition) is 1. The van der Waals surface area contributed by atoms with E-state index in [0.29, 0.717) is 50.5 Å². The average Bonchev–Trinajstić information content (AvgIpc) is 2.89. The smallest absolute Gasteiger partial charge is 0.266 e. The van der Waals surface area contributed by atoms with Crippen molar-refractivity contribution in [3.05, 3.63) is 104 Å². The van der Waals surface area contributed by atoms with Crippen LogP contribution >= 0.6 is 39.1 Å². The van der Waals surface area contributed by atoms with Crippen LogP contribution in [0.1, 0.15) is 18.1 Å². The summed E-state index contributed by atoms with van der Waals surface area (Å²) in [6.07, 6.45) is 1.48. The number of benzene rings is 4. The van der Waals surface area contributed by atoms with Gasteiger partial charge in [-0.25, -0.2) is 0 Å². The lowest BCUT2D eigenvalue weighted by molar-refractivity contribution is -0.112. The van der Waals surface area contributed by atoms with Crippen LogP contribution in [0.3, 0.4) is 0 Å². The molecule has 0 aliphatic rings. The standard InChI is InChI=1S/C29H21BrCl2N2O3/c1-2-36-27-13-21(12-22(16-33)29(35)34-23-9-10-25(31)26(32)14-23)24(30)15-28(27)37-17-18-7-8-19-5-3-4-6-20(19)11-18/h3-15H,2,17H2,1H3,(H,34,35)/b22-12+. The number of halogens is 3. The summed E-state index contributed by atoms with van der Waals surface area (Å²) in [4.78, 5) is 12.7. The van der Waals surface area contributed by atoms with Gasteiger partial charge in [0, 0.05) is 10.2 Å². The van der Waals surface area contributed by atoms with Crippen molar-refractivity contribution in [2.45, 2.75) is 13.5 Å². The molecule has 8 heteroatoms. The topological polar surface area (TPSA) is 71.3 Å². The molecular formula is C29H21BrCl2N2O3. The van der Waals surface area contributed by atoms with Crippen molar-refractivity contribution in [2.24, 2.45) is 0 Å². The Morgan fingerprint density at radius 1 is 0.973 bits per heavy atom. The van der Waals surface area contributed by atoms with E-state index in [2.05, 4.69) is 45.5 Å². The molecule has 4 aromatic carbocycles. The largest absolute Gasteiger partial charge is 0.490 e. The summed E-state index contributed by atoms with van der Waals surface area (Å²) in [6.45, 7) is 2.64. The summed E-state index contributed by atoms with van der Waals surface area (Å²) < 4.78 is 12.5. The first-order valence-electron chi connectivity index (χ1n) is 11.3. The lowest BCUT2D eigenvalue weighted by atomic mass is 10.1. The van der Waals surface area contributed by atoms with Crippen LogP contribution in [0, 0.1) is 11.3 Å². The summed E-state index contributed by atoms with van der Waals surface area (Å²) in [5.41, 5.74) is 1.93. The predicted octanol–water partition coefficient (Wildman–Crippen LogP) is 8.43. The van der Waals surface area contributed by atoms with Crippen LogP contribution in [0.5, 0.6) is 11.5 Å². The molecule has 0 aromatic heterocycles. The van der Waals surface area contributed by atoms with Gasteiger partial charge in [-0.2, -0.15) is 5.26 Å². The van der Waals surface area contributed by atoms with Gasteiger partial charge in [-0.3, -0.25) is 4.79 Å². The molecule has 1 amide bonds. The van der Waals surface area contributed by atoms with Gasteiger partial charge >= 0.3 is 0 Å². The second kappa shape index (κ2) is 12.2. The zero-order chi connectivity index (χ0) is 26.4. The number of amides is 1. The van der Waals surface area contributed by atoms with Crippen molar-refractivity contribution in [2.75, 3.05) is 11.9 Å². The van der Waals surface area contributed by atoms with Crippen LogP contribution in [-0.4, -0.2) is 12.5 Å². The third-order valence-corrected chi connectivity index (χ3v) is 6.84. The zero-order valence-corrected chi connectivity index (χ0v) is 22.8. The van der Waals surface area contributed by atoms with E-state index in [-0.39, 0.29) is 5.57 Å². The normalized spacial score (nSPS) is 11.2. The molecule has 0 aliphatic heterocycles. The number of nitrogens with one attached hydrogen (secondary N) is 1. The molecule has 0 bridgehead atoms. The van der Waals surface area contributed by atoms with E-state index in [0.717, 1.165) is 16.3 Å². The van der Waals surface area contributed by atoms with Crippen molar-refractivity contribution in [3.8, 4) is 17.6 Å². The molecule has 0 radical (unpaired) electrons. The Morgan fingerprint density at radius 2 is 1.73 bits per heavy atom. The molecule has 186 valence electrons. The lowest BCUT2D eigenvalue weighted by Crippen LogP contribution is -2.13. The molecule has 0 unspecified atom stereocenters. The number of anilines is 1. The molecule has 0 saturated carbocycles. The minimum absolute atomic E-state index is 0.0981. The Labute approximate surface area is 233 Å². The number of rotatable bonds is 8. The van der Waals surface area contributed by atoms with Crippen LogP contribution in [-0.2, 0) is 11.4 Å². The summed E-state index contributed by atoms with van der Waals surface area (Å²) in [5, 5.41) is 15.3. The SMILES string of the molecule is CCOc1cc(/C=C(\C#N)C(=O)Nc2ccc(Cl)c(Cl)c2)c(Br)cc1OCc1ccc2ccccc2c1. The van der Waals surface area contributed by atoms with Crippen LogP contribution in [0.2, 0.25) is 10.0 Å². The number of hydrogen-bond acceptors (Lipinski definition) is 4. The van der Waals surface area contributed by atoms with E-state index in [1.165, 1.54) is 12.1 Å². The van der Waals surface area contributed by atoms with Crippen molar-refractivity contribution in [1.29, 1.82) is 5.26 Å².